The van der Waals surface area contributed by atoms with Crippen molar-refractivity contribution in [3.63, 3.8) is 0 Å². The third kappa shape index (κ3) is 2.18. The standard InChI is InChI=1S/C14H8ClF4NO/c15-8-1-4-12(20-6-8)14(18,19)13(7-21-13)10-3-2-9(16)5-11(10)17/h1-6H,7H2. The Morgan fingerprint density at radius 2 is 1.90 bits per heavy atom. The monoisotopic (exact) mass is 317 g/mol. The van der Waals surface area contributed by atoms with E-state index < -0.39 is 34.4 Å². The predicted molar refractivity (Wildman–Crippen MR) is 67.1 cm³/mol. The summed E-state index contributed by atoms with van der Waals surface area (Å²) in [6, 6.07) is 4.72. The molecule has 0 N–H and O–H groups in total. The molecule has 1 aliphatic heterocycles. The molecule has 1 aromatic heterocycles. The zero-order chi connectivity index (χ0) is 15.3. The molecule has 7 heteroatoms. The molecule has 0 spiro atoms. The van der Waals surface area contributed by atoms with Gasteiger partial charge in [-0.2, -0.15) is 8.78 Å². The van der Waals surface area contributed by atoms with E-state index in [-0.39, 0.29) is 11.6 Å². The Morgan fingerprint density at radius 1 is 1.19 bits per heavy atom. The van der Waals surface area contributed by atoms with Crippen molar-refractivity contribution in [1.82, 2.24) is 4.98 Å². The van der Waals surface area contributed by atoms with Gasteiger partial charge >= 0.3 is 5.92 Å². The highest BCUT2D eigenvalue weighted by molar-refractivity contribution is 6.30. The summed E-state index contributed by atoms with van der Waals surface area (Å²) in [5.74, 6) is -5.50. The van der Waals surface area contributed by atoms with Crippen LogP contribution in [0.25, 0.3) is 0 Å². The van der Waals surface area contributed by atoms with E-state index in [1.807, 2.05) is 0 Å². The number of epoxide rings is 1. The van der Waals surface area contributed by atoms with Gasteiger partial charge in [-0.05, 0) is 24.3 Å². The third-order valence-corrected chi connectivity index (χ3v) is 3.58. The fourth-order valence-electron chi connectivity index (χ4n) is 2.16. The van der Waals surface area contributed by atoms with Gasteiger partial charge in [-0.1, -0.05) is 11.6 Å². The van der Waals surface area contributed by atoms with Crippen molar-refractivity contribution in [1.29, 1.82) is 0 Å². The first kappa shape index (κ1) is 14.3. The van der Waals surface area contributed by atoms with Gasteiger partial charge in [-0.25, -0.2) is 8.78 Å². The Kier molecular flexibility index (Phi) is 3.18. The molecule has 0 saturated carbocycles. The molecule has 2 nitrogen and oxygen atoms in total. The number of halogens is 5. The fourth-order valence-corrected chi connectivity index (χ4v) is 2.28. The second-order valence-corrected chi connectivity index (χ2v) is 5.11. The molecular formula is C14H8ClF4NO. The normalized spacial score (nSPS) is 21.4. The summed E-state index contributed by atoms with van der Waals surface area (Å²) in [5.41, 5.74) is -3.15. The van der Waals surface area contributed by atoms with Gasteiger partial charge in [-0.15, -0.1) is 0 Å². The van der Waals surface area contributed by atoms with Crippen LogP contribution in [0.4, 0.5) is 17.6 Å². The maximum Gasteiger partial charge on any atom is 0.324 e. The number of hydrogen-bond donors (Lipinski definition) is 0. The van der Waals surface area contributed by atoms with E-state index in [1.165, 1.54) is 6.07 Å². The Bertz CT molecular complexity index is 686. The van der Waals surface area contributed by atoms with Gasteiger partial charge in [0.05, 0.1) is 11.6 Å². The summed E-state index contributed by atoms with van der Waals surface area (Å²) in [4.78, 5) is 3.57. The minimum Gasteiger partial charge on any atom is -0.357 e. The van der Waals surface area contributed by atoms with Crippen LogP contribution in [-0.4, -0.2) is 11.6 Å². The second kappa shape index (κ2) is 4.68. The summed E-state index contributed by atoms with van der Waals surface area (Å²) >= 11 is 5.61. The van der Waals surface area contributed by atoms with Crippen LogP contribution in [-0.2, 0) is 16.3 Å². The molecule has 1 aromatic carbocycles. The van der Waals surface area contributed by atoms with E-state index in [0.29, 0.717) is 6.07 Å². The average Bonchev–Trinajstić information content (AvgIpc) is 3.21. The molecular weight excluding hydrogens is 310 g/mol. The molecule has 1 unspecified atom stereocenters. The Morgan fingerprint density at radius 3 is 2.43 bits per heavy atom. The van der Waals surface area contributed by atoms with Crippen molar-refractivity contribution >= 4 is 11.6 Å². The molecule has 1 atom stereocenters. The van der Waals surface area contributed by atoms with Crippen LogP contribution in [0.5, 0.6) is 0 Å². The summed E-state index contributed by atoms with van der Waals surface area (Å²) < 4.78 is 60.8. The van der Waals surface area contributed by atoms with Crippen molar-refractivity contribution in [3.8, 4) is 0 Å². The first-order valence-corrected chi connectivity index (χ1v) is 6.34. The van der Waals surface area contributed by atoms with Crippen molar-refractivity contribution in [2.24, 2.45) is 0 Å². The summed E-state index contributed by atoms with van der Waals surface area (Å²) in [7, 11) is 0. The lowest BCUT2D eigenvalue weighted by Crippen LogP contribution is -2.34. The largest absolute Gasteiger partial charge is 0.357 e. The van der Waals surface area contributed by atoms with Gasteiger partial charge in [0.25, 0.3) is 0 Å². The first-order chi connectivity index (χ1) is 9.87. The maximum atomic E-state index is 14.6. The van der Waals surface area contributed by atoms with Gasteiger partial charge in [0.1, 0.15) is 17.3 Å². The van der Waals surface area contributed by atoms with Crippen molar-refractivity contribution in [3.05, 3.63) is 64.4 Å². The molecule has 1 saturated heterocycles. The Hall–Kier alpha value is -1.66. The Labute approximate surface area is 122 Å². The van der Waals surface area contributed by atoms with Gasteiger partial charge in [-0.3, -0.25) is 4.98 Å². The third-order valence-electron chi connectivity index (χ3n) is 3.36. The van der Waals surface area contributed by atoms with Gasteiger partial charge < -0.3 is 4.74 Å². The van der Waals surface area contributed by atoms with Crippen molar-refractivity contribution in [2.75, 3.05) is 6.61 Å². The van der Waals surface area contributed by atoms with Crippen LogP contribution >= 0.6 is 11.6 Å². The molecule has 110 valence electrons. The SMILES string of the molecule is Fc1ccc(C2(C(F)(F)c3ccc(Cl)cn3)CO2)c(F)c1. The zero-order valence-electron chi connectivity index (χ0n) is 10.4. The number of aromatic nitrogens is 1. The lowest BCUT2D eigenvalue weighted by Gasteiger charge is -2.24. The lowest BCUT2D eigenvalue weighted by atomic mass is 9.90. The highest BCUT2D eigenvalue weighted by atomic mass is 35.5. The molecule has 1 fully saturated rings. The minimum atomic E-state index is -3.57. The highest BCUT2D eigenvalue weighted by Gasteiger charge is 2.68. The van der Waals surface area contributed by atoms with Crippen LogP contribution in [0.3, 0.4) is 0 Å². The predicted octanol–water partition coefficient (Wildman–Crippen LogP) is 4.03. The van der Waals surface area contributed by atoms with E-state index in [1.54, 1.807) is 0 Å². The molecule has 0 radical (unpaired) electrons. The number of benzene rings is 1. The minimum absolute atomic E-state index is 0.202. The van der Waals surface area contributed by atoms with E-state index in [9.17, 15) is 17.6 Å². The molecule has 0 bridgehead atoms. The van der Waals surface area contributed by atoms with Gasteiger partial charge in [0, 0.05) is 17.8 Å². The zero-order valence-corrected chi connectivity index (χ0v) is 11.2. The van der Waals surface area contributed by atoms with Crippen molar-refractivity contribution < 1.29 is 22.3 Å². The number of nitrogens with zero attached hydrogens (tertiary/aromatic N) is 1. The summed E-state index contributed by atoms with van der Waals surface area (Å²) in [5, 5.41) is 0.202. The van der Waals surface area contributed by atoms with Gasteiger partial charge in [0.2, 0.25) is 0 Å². The summed E-state index contributed by atoms with van der Waals surface area (Å²) in [6.07, 6.45) is 1.07. The summed E-state index contributed by atoms with van der Waals surface area (Å²) in [6.45, 7) is -0.382. The topological polar surface area (TPSA) is 25.4 Å². The number of rotatable bonds is 3. The molecule has 21 heavy (non-hydrogen) atoms. The van der Waals surface area contributed by atoms with Crippen LogP contribution in [0.1, 0.15) is 11.3 Å². The molecule has 2 aromatic rings. The quantitative estimate of drug-likeness (QED) is 0.631. The van der Waals surface area contributed by atoms with E-state index >= 15 is 0 Å². The van der Waals surface area contributed by atoms with Gasteiger partial charge in [0.15, 0.2) is 5.60 Å². The first-order valence-electron chi connectivity index (χ1n) is 5.96. The fraction of sp³-hybridized carbons (Fsp3) is 0.214. The molecule has 2 heterocycles. The van der Waals surface area contributed by atoms with E-state index in [2.05, 4.69) is 4.98 Å². The molecule has 1 aliphatic rings. The molecule has 0 amide bonds. The van der Waals surface area contributed by atoms with Crippen LogP contribution < -0.4 is 0 Å². The second-order valence-electron chi connectivity index (χ2n) is 4.68. The number of alkyl halides is 2. The lowest BCUT2D eigenvalue weighted by molar-refractivity contribution is -0.0901. The number of pyridine rings is 1. The van der Waals surface area contributed by atoms with Crippen LogP contribution in [0, 0.1) is 11.6 Å². The van der Waals surface area contributed by atoms with Crippen LogP contribution in [0.2, 0.25) is 5.02 Å². The molecule has 0 aliphatic carbocycles. The van der Waals surface area contributed by atoms with E-state index in [4.69, 9.17) is 16.3 Å². The van der Waals surface area contributed by atoms with Crippen LogP contribution in [0.15, 0.2) is 36.5 Å². The average molecular weight is 318 g/mol. The highest BCUT2D eigenvalue weighted by Crippen LogP contribution is 2.56. The van der Waals surface area contributed by atoms with Crippen molar-refractivity contribution in [2.45, 2.75) is 11.5 Å². The van der Waals surface area contributed by atoms with E-state index in [0.717, 1.165) is 24.4 Å². The smallest absolute Gasteiger partial charge is 0.324 e. The number of hydrogen-bond acceptors (Lipinski definition) is 2. The maximum absolute atomic E-state index is 14.6. The number of ether oxygens (including phenoxy) is 1. The Balaban J connectivity index is 2.06. The molecule has 3 rings (SSSR count).